The Labute approximate surface area is 108 Å². The molecule has 0 amide bonds. The van der Waals surface area contributed by atoms with Gasteiger partial charge in [0.05, 0.1) is 25.8 Å². The van der Waals surface area contributed by atoms with Crippen LogP contribution in [0.3, 0.4) is 0 Å². The first-order valence-electron chi connectivity index (χ1n) is 5.36. The second-order valence-corrected chi connectivity index (χ2v) is 3.53. The summed E-state index contributed by atoms with van der Waals surface area (Å²) in [6.07, 6.45) is 1.01. The highest BCUT2D eigenvalue weighted by Gasteiger charge is 2.18. The molecule has 1 heterocycles. The molecular formula is C12H11N3O4. The lowest BCUT2D eigenvalue weighted by Gasteiger charge is -2.05. The highest BCUT2D eigenvalue weighted by atomic mass is 16.5. The molecule has 0 saturated carbocycles. The van der Waals surface area contributed by atoms with Crippen molar-refractivity contribution in [3.63, 3.8) is 0 Å². The van der Waals surface area contributed by atoms with E-state index in [0.717, 1.165) is 6.08 Å². The molecule has 0 N–H and O–H groups in total. The fourth-order valence-corrected chi connectivity index (χ4v) is 1.53. The fraction of sp³-hybridized carbons (Fsp3) is 0.167. The van der Waals surface area contributed by atoms with Gasteiger partial charge in [-0.25, -0.2) is 14.3 Å². The van der Waals surface area contributed by atoms with Crippen LogP contribution in [0.4, 0.5) is 0 Å². The number of methoxy groups -OCH3 is 2. The molecule has 0 atom stereocenters. The van der Waals surface area contributed by atoms with E-state index in [-0.39, 0.29) is 5.70 Å². The topological polar surface area (TPSA) is 83.3 Å². The van der Waals surface area contributed by atoms with Crippen molar-refractivity contribution in [2.75, 3.05) is 14.2 Å². The van der Waals surface area contributed by atoms with Crippen molar-refractivity contribution < 1.29 is 19.1 Å². The highest BCUT2D eigenvalue weighted by Crippen LogP contribution is 2.15. The summed E-state index contributed by atoms with van der Waals surface area (Å²) < 4.78 is 10.4. The Balaban J connectivity index is 2.58. The van der Waals surface area contributed by atoms with Crippen LogP contribution < -0.4 is 0 Å². The van der Waals surface area contributed by atoms with Gasteiger partial charge in [-0.1, -0.05) is 17.3 Å². The van der Waals surface area contributed by atoms with E-state index in [1.165, 1.54) is 18.9 Å². The maximum Gasteiger partial charge on any atom is 0.357 e. The Morgan fingerprint density at radius 3 is 2.63 bits per heavy atom. The van der Waals surface area contributed by atoms with Crippen molar-refractivity contribution >= 4 is 28.7 Å². The summed E-state index contributed by atoms with van der Waals surface area (Å²) in [6, 6.07) is 7.04. The van der Waals surface area contributed by atoms with Crippen molar-refractivity contribution in [2.45, 2.75) is 0 Å². The number of hydrogen-bond donors (Lipinski definition) is 0. The van der Waals surface area contributed by atoms with Gasteiger partial charge < -0.3 is 9.47 Å². The van der Waals surface area contributed by atoms with E-state index in [1.54, 1.807) is 24.3 Å². The predicted molar refractivity (Wildman–Crippen MR) is 65.8 cm³/mol. The first kappa shape index (κ1) is 12.7. The number of esters is 2. The van der Waals surface area contributed by atoms with Gasteiger partial charge in [0.2, 0.25) is 0 Å². The van der Waals surface area contributed by atoms with Gasteiger partial charge >= 0.3 is 11.9 Å². The lowest BCUT2D eigenvalue weighted by molar-refractivity contribution is -0.137. The highest BCUT2D eigenvalue weighted by molar-refractivity contribution is 6.15. The Bertz CT molecular complexity index is 660. The number of para-hydroxylation sites is 1. The first-order valence-corrected chi connectivity index (χ1v) is 5.36. The molecule has 0 radical (unpaired) electrons. The molecule has 0 unspecified atom stereocenters. The minimum atomic E-state index is -0.707. The minimum Gasteiger partial charge on any atom is -0.466 e. The van der Waals surface area contributed by atoms with E-state index >= 15 is 0 Å². The number of carbonyl (C=O) groups excluding carboxylic acids is 2. The van der Waals surface area contributed by atoms with E-state index in [1.807, 2.05) is 0 Å². The lowest BCUT2D eigenvalue weighted by atomic mass is 10.3. The number of benzene rings is 1. The second-order valence-electron chi connectivity index (χ2n) is 3.53. The molecule has 2 rings (SSSR count). The van der Waals surface area contributed by atoms with Gasteiger partial charge in [0.1, 0.15) is 5.52 Å². The Morgan fingerprint density at radius 1 is 1.21 bits per heavy atom. The predicted octanol–water partition coefficient (Wildman–Crippen LogP) is 0.618. The normalized spacial score (nSPS) is 11.4. The standard InChI is InChI=1S/C12H11N3O4/c1-18-11(16)7-10(12(17)19-2)15-9-6-4-3-5-8(9)13-14-15/h3-7H,1-2H3/b10-7-. The number of carbonyl (C=O) groups is 2. The number of fused-ring (bicyclic) bond motifs is 1. The Hall–Kier alpha value is -2.70. The molecule has 1 aromatic heterocycles. The summed E-state index contributed by atoms with van der Waals surface area (Å²) >= 11 is 0. The lowest BCUT2D eigenvalue weighted by Crippen LogP contribution is -2.14. The summed E-state index contributed by atoms with van der Waals surface area (Å²) in [5.74, 6) is -1.39. The summed E-state index contributed by atoms with van der Waals surface area (Å²) in [4.78, 5) is 23.0. The maximum absolute atomic E-state index is 11.7. The van der Waals surface area contributed by atoms with Gasteiger partial charge in [-0.3, -0.25) is 0 Å². The van der Waals surface area contributed by atoms with E-state index in [9.17, 15) is 9.59 Å². The summed E-state index contributed by atoms with van der Waals surface area (Å²) in [6.45, 7) is 0. The molecule has 98 valence electrons. The van der Waals surface area contributed by atoms with Crippen molar-refractivity contribution in [2.24, 2.45) is 0 Å². The number of nitrogens with zero attached hydrogens (tertiary/aromatic N) is 3. The van der Waals surface area contributed by atoms with Crippen LogP contribution in [0.5, 0.6) is 0 Å². The molecule has 1 aromatic carbocycles. The molecule has 0 spiro atoms. The molecule has 2 aromatic rings. The van der Waals surface area contributed by atoms with E-state index in [0.29, 0.717) is 11.0 Å². The molecule has 0 bridgehead atoms. The fourth-order valence-electron chi connectivity index (χ4n) is 1.53. The van der Waals surface area contributed by atoms with E-state index in [4.69, 9.17) is 0 Å². The second kappa shape index (κ2) is 5.30. The largest absolute Gasteiger partial charge is 0.466 e. The third kappa shape index (κ3) is 2.44. The summed E-state index contributed by atoms with van der Waals surface area (Å²) in [7, 11) is 2.43. The van der Waals surface area contributed by atoms with Crippen molar-refractivity contribution in [3.05, 3.63) is 30.3 Å². The van der Waals surface area contributed by atoms with Crippen molar-refractivity contribution in [1.29, 1.82) is 0 Å². The number of rotatable bonds is 3. The van der Waals surface area contributed by atoms with Crippen LogP contribution in [0.1, 0.15) is 0 Å². The Morgan fingerprint density at radius 2 is 1.95 bits per heavy atom. The smallest absolute Gasteiger partial charge is 0.357 e. The Kier molecular flexibility index (Phi) is 3.56. The van der Waals surface area contributed by atoms with Crippen LogP contribution in [0, 0.1) is 0 Å². The van der Waals surface area contributed by atoms with Gasteiger partial charge in [-0.05, 0) is 12.1 Å². The molecule has 0 fully saturated rings. The van der Waals surface area contributed by atoms with E-state index in [2.05, 4.69) is 19.8 Å². The average Bonchev–Trinajstić information content (AvgIpc) is 2.87. The number of aromatic nitrogens is 3. The summed E-state index contributed by atoms with van der Waals surface area (Å²) in [5.41, 5.74) is 1.12. The van der Waals surface area contributed by atoms with Crippen LogP contribution >= 0.6 is 0 Å². The van der Waals surface area contributed by atoms with E-state index < -0.39 is 11.9 Å². The van der Waals surface area contributed by atoms with Gasteiger partial charge in [-0.15, -0.1) is 5.10 Å². The molecule has 19 heavy (non-hydrogen) atoms. The minimum absolute atomic E-state index is 0.0666. The van der Waals surface area contributed by atoms with Crippen molar-refractivity contribution in [3.8, 4) is 0 Å². The summed E-state index contributed by atoms with van der Waals surface area (Å²) in [5, 5.41) is 7.74. The maximum atomic E-state index is 11.7. The third-order valence-corrected chi connectivity index (χ3v) is 2.43. The molecule has 0 saturated heterocycles. The average molecular weight is 261 g/mol. The molecule has 7 nitrogen and oxygen atoms in total. The molecule has 7 heteroatoms. The quantitative estimate of drug-likeness (QED) is 0.595. The van der Waals surface area contributed by atoms with Crippen LogP contribution in [0.25, 0.3) is 16.7 Å². The number of ether oxygens (including phenoxy) is 2. The van der Waals surface area contributed by atoms with Gasteiger partial charge in [0.25, 0.3) is 0 Å². The van der Waals surface area contributed by atoms with Crippen LogP contribution in [-0.2, 0) is 19.1 Å². The zero-order valence-corrected chi connectivity index (χ0v) is 10.4. The molecular weight excluding hydrogens is 250 g/mol. The zero-order chi connectivity index (χ0) is 13.8. The monoisotopic (exact) mass is 261 g/mol. The number of hydrogen-bond acceptors (Lipinski definition) is 6. The van der Waals surface area contributed by atoms with Gasteiger partial charge in [-0.2, -0.15) is 0 Å². The first-order chi connectivity index (χ1) is 9.17. The van der Waals surface area contributed by atoms with Gasteiger partial charge in [0.15, 0.2) is 5.70 Å². The van der Waals surface area contributed by atoms with Crippen LogP contribution in [-0.4, -0.2) is 41.2 Å². The van der Waals surface area contributed by atoms with Crippen LogP contribution in [0.15, 0.2) is 30.3 Å². The van der Waals surface area contributed by atoms with Gasteiger partial charge in [0, 0.05) is 0 Å². The molecule has 0 aliphatic carbocycles. The zero-order valence-electron chi connectivity index (χ0n) is 10.4. The third-order valence-electron chi connectivity index (χ3n) is 2.43. The van der Waals surface area contributed by atoms with Crippen molar-refractivity contribution in [1.82, 2.24) is 15.0 Å². The molecule has 0 aliphatic heterocycles. The van der Waals surface area contributed by atoms with Crippen LogP contribution in [0.2, 0.25) is 0 Å². The molecule has 0 aliphatic rings. The SMILES string of the molecule is COC(=O)/C=C(/C(=O)OC)n1nnc2ccccc21.